The molecule has 11 heteroatoms. The van der Waals surface area contributed by atoms with Crippen molar-refractivity contribution in [3.63, 3.8) is 0 Å². The lowest BCUT2D eigenvalue weighted by Crippen LogP contribution is -2.33. The number of alkyl halides is 3. The van der Waals surface area contributed by atoms with Crippen LogP contribution in [0.4, 0.5) is 24.5 Å². The molecule has 160 valence electrons. The number of hydrogen-bond donors (Lipinski definition) is 2. The van der Waals surface area contributed by atoms with Gasteiger partial charge in [-0.3, -0.25) is 14.3 Å². The van der Waals surface area contributed by atoms with Crippen LogP contribution in [0, 0.1) is 0 Å². The third-order valence-electron chi connectivity index (χ3n) is 4.34. The molecule has 0 atom stereocenters. The quantitative estimate of drug-likeness (QED) is 0.721. The fourth-order valence-corrected chi connectivity index (χ4v) is 4.05. The Kier molecular flexibility index (Phi) is 6.01. The fourth-order valence-electron chi connectivity index (χ4n) is 2.96. The minimum absolute atomic E-state index is 0.0485. The van der Waals surface area contributed by atoms with Gasteiger partial charge in [0.1, 0.15) is 6.54 Å². The van der Waals surface area contributed by atoms with Crippen molar-refractivity contribution >= 4 is 33.2 Å². The summed E-state index contributed by atoms with van der Waals surface area (Å²) in [5.74, 6) is -1.09. The average molecular weight is 441 g/mol. The first-order valence-electron chi connectivity index (χ1n) is 8.93. The smallest absolute Gasteiger partial charge is 0.343 e. The van der Waals surface area contributed by atoms with E-state index >= 15 is 0 Å². The van der Waals surface area contributed by atoms with E-state index in [0.29, 0.717) is 18.7 Å². The first-order chi connectivity index (χ1) is 14.0. The second kappa shape index (κ2) is 8.34. The molecule has 0 radical (unpaired) electrons. The Morgan fingerprint density at radius 2 is 1.83 bits per heavy atom. The lowest BCUT2D eigenvalue weighted by Gasteiger charge is -2.17. The highest BCUT2D eigenvalue weighted by atomic mass is 32.2. The first-order valence-corrected chi connectivity index (χ1v) is 10.4. The number of sulfonamides is 1. The molecule has 30 heavy (non-hydrogen) atoms. The van der Waals surface area contributed by atoms with Crippen molar-refractivity contribution in [2.75, 3.05) is 22.7 Å². The van der Waals surface area contributed by atoms with Crippen LogP contribution in [0.5, 0.6) is 0 Å². The molecule has 0 aliphatic carbocycles. The summed E-state index contributed by atoms with van der Waals surface area (Å²) >= 11 is 0. The number of rotatable bonds is 6. The summed E-state index contributed by atoms with van der Waals surface area (Å²) in [4.78, 5) is 25.0. The van der Waals surface area contributed by atoms with E-state index in [1.54, 1.807) is 22.3 Å². The minimum atomic E-state index is -4.58. The van der Waals surface area contributed by atoms with Crippen molar-refractivity contribution in [2.45, 2.75) is 23.9 Å². The summed E-state index contributed by atoms with van der Waals surface area (Å²) < 4.78 is 64.5. The number of hydrogen-bond acceptors (Lipinski definition) is 4. The first kappa shape index (κ1) is 21.6. The lowest BCUT2D eigenvalue weighted by atomic mass is 10.2. The third-order valence-corrected chi connectivity index (χ3v) is 5.72. The van der Waals surface area contributed by atoms with Crippen LogP contribution in [-0.2, 0) is 14.8 Å². The van der Waals surface area contributed by atoms with Crippen molar-refractivity contribution < 1.29 is 31.2 Å². The van der Waals surface area contributed by atoms with Crippen LogP contribution >= 0.6 is 0 Å². The van der Waals surface area contributed by atoms with Crippen LogP contribution in [0.25, 0.3) is 0 Å². The van der Waals surface area contributed by atoms with Crippen LogP contribution in [0.1, 0.15) is 23.2 Å². The minimum Gasteiger partial charge on any atom is -0.343 e. The van der Waals surface area contributed by atoms with Crippen LogP contribution in [-0.4, -0.2) is 39.5 Å². The van der Waals surface area contributed by atoms with Gasteiger partial charge in [0.25, 0.3) is 15.9 Å². The summed E-state index contributed by atoms with van der Waals surface area (Å²) in [6.45, 7) is -0.979. The van der Waals surface area contributed by atoms with Gasteiger partial charge in [-0.25, -0.2) is 8.42 Å². The maximum Gasteiger partial charge on any atom is 0.405 e. The van der Waals surface area contributed by atoms with Gasteiger partial charge in [-0.1, -0.05) is 12.1 Å². The molecule has 2 N–H and O–H groups in total. The van der Waals surface area contributed by atoms with E-state index in [9.17, 15) is 31.2 Å². The molecule has 0 saturated carbocycles. The Hall–Kier alpha value is -3.08. The molecule has 2 aromatic rings. The number of amides is 2. The standard InChI is InChI=1S/C19H18F3N3O4S/c20-19(21,22)12-23-18(27)13-4-1-7-16(10-13)30(28,29)24-14-5-2-6-15(11-14)25-9-3-8-17(25)26/h1-2,4-7,10-11,24H,3,8-9,12H2,(H,23,27). The highest BCUT2D eigenvalue weighted by Gasteiger charge is 2.28. The highest BCUT2D eigenvalue weighted by molar-refractivity contribution is 7.92. The summed E-state index contributed by atoms with van der Waals surface area (Å²) in [6, 6.07) is 11.0. The molecule has 0 unspecified atom stereocenters. The molecule has 3 rings (SSSR count). The number of carbonyl (C=O) groups is 2. The van der Waals surface area contributed by atoms with Crippen LogP contribution in [0.15, 0.2) is 53.4 Å². The number of nitrogens with one attached hydrogen (secondary N) is 2. The van der Waals surface area contributed by atoms with E-state index < -0.39 is 28.7 Å². The van der Waals surface area contributed by atoms with Gasteiger partial charge < -0.3 is 10.2 Å². The summed E-state index contributed by atoms with van der Waals surface area (Å²) in [5, 5.41) is 1.69. The Labute approximate surface area is 170 Å². The molecule has 0 bridgehead atoms. The Morgan fingerprint density at radius 3 is 2.50 bits per heavy atom. The lowest BCUT2D eigenvalue weighted by molar-refractivity contribution is -0.123. The number of carbonyl (C=O) groups excluding carboxylic acids is 2. The normalized spacial score (nSPS) is 14.6. The number of nitrogens with zero attached hydrogens (tertiary/aromatic N) is 1. The summed E-state index contributed by atoms with van der Waals surface area (Å²) in [5.41, 5.74) is 0.538. The average Bonchev–Trinajstić information content (AvgIpc) is 3.11. The molecule has 7 nitrogen and oxygen atoms in total. The predicted octanol–water partition coefficient (Wildman–Crippen LogP) is 2.91. The largest absolute Gasteiger partial charge is 0.405 e. The topological polar surface area (TPSA) is 95.6 Å². The second-order valence-electron chi connectivity index (χ2n) is 6.63. The zero-order chi connectivity index (χ0) is 21.9. The maximum atomic E-state index is 12.7. The molecule has 1 aliphatic heterocycles. The van der Waals surface area contributed by atoms with E-state index in [2.05, 4.69) is 4.72 Å². The van der Waals surface area contributed by atoms with Gasteiger partial charge in [-0.15, -0.1) is 0 Å². The number of halogens is 3. The van der Waals surface area contributed by atoms with Crippen molar-refractivity contribution in [1.82, 2.24) is 5.32 Å². The van der Waals surface area contributed by atoms with Crippen molar-refractivity contribution in [3.05, 3.63) is 54.1 Å². The Bertz CT molecular complexity index is 1070. The van der Waals surface area contributed by atoms with Gasteiger partial charge in [-0.2, -0.15) is 13.2 Å². The SMILES string of the molecule is O=C(NCC(F)(F)F)c1cccc(S(=O)(=O)Nc2cccc(N3CCCC3=O)c2)c1. The third kappa shape index (κ3) is 5.29. The van der Waals surface area contributed by atoms with Crippen molar-refractivity contribution in [1.29, 1.82) is 0 Å². The van der Waals surface area contributed by atoms with Gasteiger partial charge in [0, 0.05) is 24.2 Å². The predicted molar refractivity (Wildman–Crippen MR) is 104 cm³/mol. The van der Waals surface area contributed by atoms with Crippen LogP contribution in [0.3, 0.4) is 0 Å². The van der Waals surface area contributed by atoms with E-state index in [4.69, 9.17) is 0 Å². The Balaban J connectivity index is 1.78. The van der Waals surface area contributed by atoms with E-state index in [0.717, 1.165) is 12.5 Å². The number of benzene rings is 2. The van der Waals surface area contributed by atoms with Gasteiger partial charge in [0.15, 0.2) is 0 Å². The molecule has 0 aromatic heterocycles. The van der Waals surface area contributed by atoms with E-state index in [1.807, 2.05) is 0 Å². The monoisotopic (exact) mass is 441 g/mol. The zero-order valence-corrected chi connectivity index (χ0v) is 16.4. The molecule has 1 aliphatic rings. The molecule has 1 heterocycles. The van der Waals surface area contributed by atoms with Gasteiger partial charge >= 0.3 is 6.18 Å². The van der Waals surface area contributed by atoms with Gasteiger partial charge in [-0.05, 0) is 42.8 Å². The van der Waals surface area contributed by atoms with Crippen LogP contribution in [0.2, 0.25) is 0 Å². The van der Waals surface area contributed by atoms with Crippen LogP contribution < -0.4 is 14.9 Å². The molecule has 1 saturated heterocycles. The highest BCUT2D eigenvalue weighted by Crippen LogP contribution is 2.26. The summed E-state index contributed by atoms with van der Waals surface area (Å²) in [6.07, 6.45) is -3.43. The van der Waals surface area contributed by atoms with Crippen molar-refractivity contribution in [3.8, 4) is 0 Å². The summed E-state index contributed by atoms with van der Waals surface area (Å²) in [7, 11) is -4.12. The van der Waals surface area contributed by atoms with E-state index in [-0.39, 0.29) is 22.1 Å². The molecule has 0 spiro atoms. The van der Waals surface area contributed by atoms with Gasteiger partial charge in [0.2, 0.25) is 5.91 Å². The zero-order valence-electron chi connectivity index (χ0n) is 15.6. The number of anilines is 2. The molecule has 1 fully saturated rings. The Morgan fingerprint density at radius 1 is 1.10 bits per heavy atom. The molecular formula is C19H18F3N3O4S. The molecule has 2 amide bonds. The second-order valence-corrected chi connectivity index (χ2v) is 8.31. The van der Waals surface area contributed by atoms with E-state index in [1.165, 1.54) is 30.3 Å². The maximum absolute atomic E-state index is 12.7. The molecule has 2 aromatic carbocycles. The molecular weight excluding hydrogens is 423 g/mol. The van der Waals surface area contributed by atoms with Gasteiger partial charge in [0.05, 0.1) is 10.6 Å². The van der Waals surface area contributed by atoms with Crippen molar-refractivity contribution in [2.24, 2.45) is 0 Å². The fraction of sp³-hybridized carbons (Fsp3) is 0.263.